The molecule has 5 nitrogen and oxygen atoms in total. The highest BCUT2D eigenvalue weighted by molar-refractivity contribution is 9.10. The first-order valence-electron chi connectivity index (χ1n) is 8.62. The first-order valence-corrected chi connectivity index (χ1v) is 10.6. The van der Waals surface area contributed by atoms with E-state index < -0.39 is 5.97 Å². The van der Waals surface area contributed by atoms with Gasteiger partial charge >= 0.3 is 5.97 Å². The van der Waals surface area contributed by atoms with Gasteiger partial charge in [-0.3, -0.25) is 0 Å². The lowest BCUT2D eigenvalue weighted by atomic mass is 10.1. The minimum atomic E-state index is -0.630. The van der Waals surface area contributed by atoms with E-state index in [0.29, 0.717) is 36.4 Å². The highest BCUT2D eigenvalue weighted by atomic mass is 79.9. The number of aliphatic hydroxyl groups is 1. The highest BCUT2D eigenvalue weighted by Gasteiger charge is 2.33. The van der Waals surface area contributed by atoms with E-state index >= 15 is 0 Å². The van der Waals surface area contributed by atoms with Crippen molar-refractivity contribution in [3.63, 3.8) is 0 Å². The second-order valence-corrected chi connectivity index (χ2v) is 8.14. The largest absolute Gasteiger partial charge is 0.506 e. The van der Waals surface area contributed by atoms with E-state index in [1.807, 2.05) is 30.3 Å². The summed E-state index contributed by atoms with van der Waals surface area (Å²) in [7, 11) is 1.54. The number of rotatable bonds is 5. The second-order valence-electron chi connectivity index (χ2n) is 5.82. The van der Waals surface area contributed by atoms with Crippen molar-refractivity contribution in [1.82, 2.24) is 0 Å². The van der Waals surface area contributed by atoms with Gasteiger partial charge in [0.2, 0.25) is 0 Å². The molecule has 1 aliphatic heterocycles. The molecule has 0 atom stereocenters. The molecule has 0 bridgehead atoms. The fourth-order valence-corrected chi connectivity index (χ4v) is 4.68. The summed E-state index contributed by atoms with van der Waals surface area (Å²) in [6.07, 6.45) is 1.70. The van der Waals surface area contributed by atoms with Gasteiger partial charge in [0, 0.05) is 10.6 Å². The molecule has 0 saturated carbocycles. The Hall–Kier alpha value is -2.22. The third-order valence-electron chi connectivity index (χ3n) is 3.88. The van der Waals surface area contributed by atoms with Gasteiger partial charge < -0.3 is 14.6 Å². The number of esters is 1. The molecule has 0 spiro atoms. The standard InChI is InChI=1S/C21H17BrClNO4S/c1-3-28-21(26)17-18(25)16(29-20(17)24-14-7-5-4-6-8-14)10-12-9-13(23)11-15(22)19(12)27-2/h4-11,25H,3H2,1-2H3/b16-10-,24-20?. The Morgan fingerprint density at radius 2 is 2.03 bits per heavy atom. The molecule has 0 aromatic heterocycles. The summed E-state index contributed by atoms with van der Waals surface area (Å²) in [4.78, 5) is 17.4. The van der Waals surface area contributed by atoms with Crippen molar-refractivity contribution >= 4 is 62.1 Å². The smallest absolute Gasteiger partial charge is 0.344 e. The lowest BCUT2D eigenvalue weighted by molar-refractivity contribution is -0.138. The predicted octanol–water partition coefficient (Wildman–Crippen LogP) is 6.30. The number of methoxy groups -OCH3 is 1. The zero-order chi connectivity index (χ0) is 21.0. The maximum atomic E-state index is 12.5. The lowest BCUT2D eigenvalue weighted by Crippen LogP contribution is -2.12. The van der Waals surface area contributed by atoms with E-state index in [4.69, 9.17) is 21.1 Å². The van der Waals surface area contributed by atoms with Gasteiger partial charge in [0.15, 0.2) is 0 Å². The predicted molar refractivity (Wildman–Crippen MR) is 121 cm³/mol. The minimum absolute atomic E-state index is 0.0343. The number of hydrogen-bond donors (Lipinski definition) is 1. The third kappa shape index (κ3) is 4.86. The number of aliphatic imine (C=N–C) groups is 1. The van der Waals surface area contributed by atoms with Crippen LogP contribution in [0.25, 0.3) is 6.08 Å². The fourth-order valence-electron chi connectivity index (χ4n) is 2.66. The van der Waals surface area contributed by atoms with Crippen molar-refractivity contribution in [2.24, 2.45) is 4.99 Å². The van der Waals surface area contributed by atoms with Crippen LogP contribution in [0.5, 0.6) is 5.75 Å². The van der Waals surface area contributed by atoms with Crippen LogP contribution in [-0.4, -0.2) is 29.8 Å². The van der Waals surface area contributed by atoms with Gasteiger partial charge in [-0.15, -0.1) is 0 Å². The van der Waals surface area contributed by atoms with Crippen molar-refractivity contribution in [3.8, 4) is 5.75 Å². The molecular weight excluding hydrogens is 478 g/mol. The number of halogens is 2. The molecule has 1 heterocycles. The van der Waals surface area contributed by atoms with Gasteiger partial charge in [0.25, 0.3) is 0 Å². The van der Waals surface area contributed by atoms with Gasteiger partial charge in [0.05, 0.1) is 28.8 Å². The number of ether oxygens (including phenoxy) is 2. The molecule has 2 aromatic carbocycles. The number of para-hydroxylation sites is 1. The van der Waals surface area contributed by atoms with Crippen LogP contribution in [0, 0.1) is 0 Å². The molecular formula is C21H17BrClNO4S. The van der Waals surface area contributed by atoms with Gasteiger partial charge in [-0.25, -0.2) is 9.79 Å². The van der Waals surface area contributed by atoms with Crippen LogP contribution in [-0.2, 0) is 9.53 Å². The number of carbonyl (C=O) groups is 1. The van der Waals surface area contributed by atoms with Gasteiger partial charge in [0.1, 0.15) is 22.1 Å². The number of thioether (sulfide) groups is 1. The molecule has 29 heavy (non-hydrogen) atoms. The van der Waals surface area contributed by atoms with Crippen LogP contribution >= 0.6 is 39.3 Å². The molecule has 1 N–H and O–H groups in total. The molecule has 0 amide bonds. The zero-order valence-corrected chi connectivity index (χ0v) is 18.8. The summed E-state index contributed by atoms with van der Waals surface area (Å²) in [5.41, 5.74) is 1.34. The summed E-state index contributed by atoms with van der Waals surface area (Å²) in [5.74, 6) is -0.266. The Labute approximate surface area is 186 Å². The van der Waals surface area contributed by atoms with E-state index in [0.717, 1.165) is 0 Å². The van der Waals surface area contributed by atoms with Crippen molar-refractivity contribution < 1.29 is 19.4 Å². The number of nitrogens with zero attached hydrogens (tertiary/aromatic N) is 1. The molecule has 0 aliphatic carbocycles. The first kappa shape index (κ1) is 21.5. The summed E-state index contributed by atoms with van der Waals surface area (Å²) in [6.45, 7) is 1.89. The zero-order valence-electron chi connectivity index (χ0n) is 15.6. The third-order valence-corrected chi connectivity index (χ3v) is 5.71. The van der Waals surface area contributed by atoms with Crippen molar-refractivity contribution in [2.75, 3.05) is 13.7 Å². The quantitative estimate of drug-likeness (QED) is 0.494. The highest BCUT2D eigenvalue weighted by Crippen LogP contribution is 2.42. The minimum Gasteiger partial charge on any atom is -0.506 e. The van der Waals surface area contributed by atoms with E-state index in [9.17, 15) is 9.90 Å². The molecule has 3 rings (SSSR count). The van der Waals surface area contributed by atoms with Crippen LogP contribution in [0.2, 0.25) is 5.02 Å². The van der Waals surface area contributed by atoms with Gasteiger partial charge in [-0.05, 0) is 53.2 Å². The Balaban J connectivity index is 2.11. The number of benzene rings is 2. The maximum absolute atomic E-state index is 12.5. The molecule has 0 unspecified atom stereocenters. The van der Waals surface area contributed by atoms with E-state index in [1.54, 1.807) is 32.2 Å². The van der Waals surface area contributed by atoms with Gasteiger partial charge in [-0.1, -0.05) is 41.6 Å². The Kier molecular flexibility index (Phi) is 7.05. The average Bonchev–Trinajstić information content (AvgIpc) is 2.97. The van der Waals surface area contributed by atoms with Crippen molar-refractivity contribution in [2.45, 2.75) is 6.92 Å². The van der Waals surface area contributed by atoms with Crippen molar-refractivity contribution in [1.29, 1.82) is 0 Å². The summed E-state index contributed by atoms with van der Waals surface area (Å²) in [6, 6.07) is 12.6. The topological polar surface area (TPSA) is 68.1 Å². The Morgan fingerprint density at radius 1 is 1.31 bits per heavy atom. The van der Waals surface area contributed by atoms with Crippen LogP contribution in [0.1, 0.15) is 12.5 Å². The van der Waals surface area contributed by atoms with Crippen LogP contribution in [0.4, 0.5) is 5.69 Å². The first-order chi connectivity index (χ1) is 13.9. The lowest BCUT2D eigenvalue weighted by Gasteiger charge is -2.09. The Morgan fingerprint density at radius 3 is 2.69 bits per heavy atom. The molecule has 150 valence electrons. The number of aliphatic hydroxyl groups excluding tert-OH is 1. The van der Waals surface area contributed by atoms with Crippen LogP contribution in [0.3, 0.4) is 0 Å². The maximum Gasteiger partial charge on any atom is 0.344 e. The molecule has 0 radical (unpaired) electrons. The van der Waals surface area contributed by atoms with Crippen LogP contribution < -0.4 is 4.74 Å². The second kappa shape index (κ2) is 9.52. The van der Waals surface area contributed by atoms with Crippen molar-refractivity contribution in [3.05, 3.63) is 73.8 Å². The molecule has 0 saturated heterocycles. The average molecular weight is 495 g/mol. The molecule has 8 heteroatoms. The van der Waals surface area contributed by atoms with E-state index in [-0.39, 0.29) is 17.9 Å². The normalized spacial score (nSPS) is 16.6. The summed E-state index contributed by atoms with van der Waals surface area (Å²) >= 11 is 10.8. The Bertz CT molecular complexity index is 1030. The molecule has 0 fully saturated rings. The fraction of sp³-hybridized carbons (Fsp3) is 0.143. The SMILES string of the molecule is CCOC(=O)C1=C(O)/C(=C/c2cc(Cl)cc(Br)c2OC)SC1=Nc1ccccc1. The number of carbonyl (C=O) groups excluding carboxylic acids is 1. The van der Waals surface area contributed by atoms with Crippen LogP contribution in [0.15, 0.2) is 68.2 Å². The summed E-state index contributed by atoms with van der Waals surface area (Å²) < 4.78 is 11.2. The van der Waals surface area contributed by atoms with E-state index in [1.165, 1.54) is 11.8 Å². The van der Waals surface area contributed by atoms with Gasteiger partial charge in [-0.2, -0.15) is 0 Å². The van der Waals surface area contributed by atoms with E-state index in [2.05, 4.69) is 20.9 Å². The summed E-state index contributed by atoms with van der Waals surface area (Å²) in [5, 5.41) is 11.6. The number of hydrogen-bond acceptors (Lipinski definition) is 6. The monoisotopic (exact) mass is 493 g/mol. The molecule has 1 aliphatic rings. The molecule has 2 aromatic rings.